The molecule has 98 valence electrons. The summed E-state index contributed by atoms with van der Waals surface area (Å²) in [4.78, 5) is 3.57. The van der Waals surface area contributed by atoms with E-state index in [4.69, 9.17) is 4.43 Å². The zero-order chi connectivity index (χ0) is 12.4. The molecule has 0 aliphatic heterocycles. The van der Waals surface area contributed by atoms with E-state index in [1.165, 1.54) is 24.6 Å². The molecule has 16 heavy (non-hydrogen) atoms. The van der Waals surface area contributed by atoms with Gasteiger partial charge in [0.1, 0.15) is 8.24 Å². The second kappa shape index (κ2) is 9.35. The van der Waals surface area contributed by atoms with Crippen molar-refractivity contribution in [3.63, 3.8) is 0 Å². The first-order valence-electron chi connectivity index (χ1n) is 6.80. The van der Waals surface area contributed by atoms with Crippen LogP contribution >= 0.6 is 0 Å². The topological polar surface area (TPSA) is 33.3 Å². The first-order valence-corrected chi connectivity index (χ1v) is 11.0. The van der Waals surface area contributed by atoms with Gasteiger partial charge in [0.05, 0.1) is 0 Å². The lowest BCUT2D eigenvalue weighted by Gasteiger charge is -2.33. The van der Waals surface area contributed by atoms with E-state index >= 15 is 0 Å². The quantitative estimate of drug-likeness (QED) is 0.593. The normalized spacial score (nSPS) is 14.1. The Morgan fingerprint density at radius 1 is 1.00 bits per heavy atom. The standard InChI is InChI=1S/C11H30N2OSi2/c1-6-11-12-15(14-7-2)13-16(8-3,9-4)10-5/h12-13,15H,6-11H2,1-5H3. The van der Waals surface area contributed by atoms with Crippen molar-refractivity contribution in [1.29, 1.82) is 0 Å². The number of rotatable bonds is 10. The van der Waals surface area contributed by atoms with Gasteiger partial charge in [-0.2, -0.15) is 0 Å². The Morgan fingerprint density at radius 2 is 1.56 bits per heavy atom. The predicted molar refractivity (Wildman–Crippen MR) is 77.4 cm³/mol. The van der Waals surface area contributed by atoms with Crippen LogP contribution in [0.3, 0.4) is 0 Å². The summed E-state index contributed by atoms with van der Waals surface area (Å²) in [5.41, 5.74) is 0. The lowest BCUT2D eigenvalue weighted by Crippen LogP contribution is -2.62. The van der Waals surface area contributed by atoms with Gasteiger partial charge in [0.25, 0.3) is 0 Å². The molecule has 0 aliphatic carbocycles. The largest absolute Gasteiger partial charge is 0.395 e. The Hall–Kier alpha value is 0.314. The third kappa shape index (κ3) is 5.59. The van der Waals surface area contributed by atoms with Gasteiger partial charge in [-0.15, -0.1) is 0 Å². The van der Waals surface area contributed by atoms with E-state index < -0.39 is 17.6 Å². The van der Waals surface area contributed by atoms with Gasteiger partial charge in [-0.05, 0) is 38.0 Å². The second-order valence-electron chi connectivity index (χ2n) is 4.27. The molecule has 3 nitrogen and oxygen atoms in total. The average Bonchev–Trinajstić information content (AvgIpc) is 2.33. The van der Waals surface area contributed by atoms with Crippen molar-refractivity contribution in [3.05, 3.63) is 0 Å². The highest BCUT2D eigenvalue weighted by Crippen LogP contribution is 2.16. The minimum atomic E-state index is -1.37. The molecule has 0 aromatic carbocycles. The van der Waals surface area contributed by atoms with Gasteiger partial charge in [0.2, 0.25) is 0 Å². The maximum atomic E-state index is 5.86. The van der Waals surface area contributed by atoms with E-state index in [-0.39, 0.29) is 0 Å². The van der Waals surface area contributed by atoms with Crippen LogP contribution in [-0.2, 0) is 4.43 Å². The predicted octanol–water partition coefficient (Wildman–Crippen LogP) is 2.33. The van der Waals surface area contributed by atoms with Gasteiger partial charge in [-0.3, -0.25) is 0 Å². The lowest BCUT2D eigenvalue weighted by atomic mass is 10.5. The third-order valence-electron chi connectivity index (χ3n) is 3.38. The van der Waals surface area contributed by atoms with Gasteiger partial charge < -0.3 is 14.1 Å². The van der Waals surface area contributed by atoms with E-state index in [9.17, 15) is 0 Å². The molecule has 0 saturated carbocycles. The van der Waals surface area contributed by atoms with E-state index in [2.05, 4.69) is 44.2 Å². The number of hydrogen-bond donors (Lipinski definition) is 2. The zero-order valence-corrected chi connectivity index (χ0v) is 13.9. The van der Waals surface area contributed by atoms with Gasteiger partial charge in [-0.1, -0.05) is 27.7 Å². The highest BCUT2D eigenvalue weighted by Gasteiger charge is 2.30. The van der Waals surface area contributed by atoms with Crippen LogP contribution in [0.1, 0.15) is 41.0 Å². The summed E-state index contributed by atoms with van der Waals surface area (Å²) in [6, 6.07) is 3.93. The highest BCUT2D eigenvalue weighted by molar-refractivity contribution is 6.84. The summed E-state index contributed by atoms with van der Waals surface area (Å²) in [6.45, 7) is 13.2. The fourth-order valence-corrected chi connectivity index (χ4v) is 9.85. The molecule has 0 heterocycles. The van der Waals surface area contributed by atoms with Crippen molar-refractivity contribution in [1.82, 2.24) is 9.63 Å². The molecular formula is C11H30N2OSi2. The molecule has 0 bridgehead atoms. The van der Waals surface area contributed by atoms with Gasteiger partial charge in [0.15, 0.2) is 0 Å². The molecule has 0 aromatic rings. The van der Waals surface area contributed by atoms with Crippen molar-refractivity contribution < 1.29 is 4.43 Å². The van der Waals surface area contributed by atoms with Gasteiger partial charge >= 0.3 is 9.36 Å². The van der Waals surface area contributed by atoms with E-state index in [0.717, 1.165) is 13.2 Å². The summed E-state index contributed by atoms with van der Waals surface area (Å²) >= 11 is 0. The minimum Gasteiger partial charge on any atom is -0.395 e. The van der Waals surface area contributed by atoms with Crippen LogP contribution < -0.4 is 9.63 Å². The Bertz CT molecular complexity index is 158. The maximum Gasteiger partial charge on any atom is 0.328 e. The highest BCUT2D eigenvalue weighted by atomic mass is 28.4. The Morgan fingerprint density at radius 3 is 1.94 bits per heavy atom. The maximum absolute atomic E-state index is 5.86. The monoisotopic (exact) mass is 262 g/mol. The zero-order valence-electron chi connectivity index (χ0n) is 11.7. The first kappa shape index (κ1) is 16.3. The molecule has 0 radical (unpaired) electrons. The Kier molecular flexibility index (Phi) is 9.54. The molecule has 1 atom stereocenters. The van der Waals surface area contributed by atoms with E-state index in [0.29, 0.717) is 0 Å². The van der Waals surface area contributed by atoms with Crippen molar-refractivity contribution in [2.45, 2.75) is 59.2 Å². The molecular weight excluding hydrogens is 232 g/mol. The number of nitrogens with one attached hydrogen (secondary N) is 2. The van der Waals surface area contributed by atoms with Crippen LogP contribution in [0.15, 0.2) is 0 Å². The molecule has 0 amide bonds. The fourth-order valence-electron chi connectivity index (χ4n) is 1.93. The SMILES string of the molecule is CCCN[SiH](N[Si](CC)(CC)CC)OCC. The van der Waals surface area contributed by atoms with Crippen molar-refractivity contribution in [3.8, 4) is 0 Å². The van der Waals surface area contributed by atoms with E-state index in [1.807, 2.05) is 0 Å². The molecule has 0 spiro atoms. The number of hydrogen-bond acceptors (Lipinski definition) is 3. The second-order valence-corrected chi connectivity index (χ2v) is 11.6. The van der Waals surface area contributed by atoms with Crippen molar-refractivity contribution in [2.24, 2.45) is 0 Å². The van der Waals surface area contributed by atoms with Crippen LogP contribution in [-0.4, -0.2) is 30.8 Å². The lowest BCUT2D eigenvalue weighted by molar-refractivity contribution is 0.329. The molecule has 5 heteroatoms. The van der Waals surface area contributed by atoms with Crippen LogP contribution in [0.4, 0.5) is 0 Å². The molecule has 0 aromatic heterocycles. The summed E-state index contributed by atoms with van der Waals surface area (Å²) < 4.78 is 9.75. The molecule has 0 fully saturated rings. The third-order valence-corrected chi connectivity index (χ3v) is 12.3. The average molecular weight is 263 g/mol. The Labute approximate surface area is 104 Å². The molecule has 2 N–H and O–H groups in total. The van der Waals surface area contributed by atoms with Crippen LogP contribution in [0.5, 0.6) is 0 Å². The smallest absolute Gasteiger partial charge is 0.328 e. The summed E-state index contributed by atoms with van der Waals surface area (Å²) in [7, 11) is -2.61. The van der Waals surface area contributed by atoms with Crippen LogP contribution in [0.2, 0.25) is 18.1 Å². The minimum absolute atomic E-state index is 0.822. The molecule has 0 saturated heterocycles. The fraction of sp³-hybridized carbons (Fsp3) is 1.00. The van der Waals surface area contributed by atoms with E-state index in [1.54, 1.807) is 0 Å². The summed E-state index contributed by atoms with van der Waals surface area (Å²) in [5.74, 6) is 0. The summed E-state index contributed by atoms with van der Waals surface area (Å²) in [5, 5.41) is 0. The van der Waals surface area contributed by atoms with Crippen molar-refractivity contribution >= 4 is 17.6 Å². The summed E-state index contributed by atoms with van der Waals surface area (Å²) in [6.07, 6.45) is 1.18. The van der Waals surface area contributed by atoms with Crippen molar-refractivity contribution in [2.75, 3.05) is 13.2 Å². The van der Waals surface area contributed by atoms with Gasteiger partial charge in [-0.25, -0.2) is 0 Å². The molecule has 0 aliphatic rings. The first-order chi connectivity index (χ1) is 7.67. The molecule has 1 unspecified atom stereocenters. The van der Waals surface area contributed by atoms with Crippen LogP contribution in [0.25, 0.3) is 0 Å². The van der Waals surface area contributed by atoms with Crippen LogP contribution in [0, 0.1) is 0 Å². The Balaban J connectivity index is 4.31. The van der Waals surface area contributed by atoms with Gasteiger partial charge in [0, 0.05) is 6.61 Å². The molecule has 0 rings (SSSR count).